The van der Waals surface area contributed by atoms with Crippen LogP contribution in [0.1, 0.15) is 64.5 Å². The first-order valence-electron chi connectivity index (χ1n) is 10.4. The highest BCUT2D eigenvalue weighted by Crippen LogP contribution is 2.32. The van der Waals surface area contributed by atoms with Gasteiger partial charge in [-0.25, -0.2) is 4.79 Å². The molecular weight excluding hydrogens is 456 g/mol. The summed E-state index contributed by atoms with van der Waals surface area (Å²) in [6.07, 6.45) is -0.819. The van der Waals surface area contributed by atoms with Crippen LogP contribution >= 0.6 is 0 Å². The van der Waals surface area contributed by atoms with Crippen molar-refractivity contribution in [1.82, 2.24) is 9.13 Å². The summed E-state index contributed by atoms with van der Waals surface area (Å²) >= 11 is 0. The Hall–Kier alpha value is -2.31. The maximum Gasteiger partial charge on any atom is 0.340 e. The molecule has 0 aliphatic carbocycles. The molecule has 33 heavy (non-hydrogen) atoms. The molecule has 1 fully saturated rings. The van der Waals surface area contributed by atoms with Gasteiger partial charge in [0.2, 0.25) is 5.91 Å². The molecule has 0 radical (unpaired) electrons. The van der Waals surface area contributed by atoms with Crippen molar-refractivity contribution in [2.45, 2.75) is 73.3 Å². The molecule has 2 rings (SSSR count). The van der Waals surface area contributed by atoms with Crippen LogP contribution in [0.3, 0.4) is 0 Å². The molecule has 0 aromatic carbocycles. The zero-order chi connectivity index (χ0) is 25.5. The van der Waals surface area contributed by atoms with Gasteiger partial charge in [0.25, 0.3) is 15.7 Å². The Kier molecular flexibility index (Phi) is 7.47. The predicted molar refractivity (Wildman–Crippen MR) is 118 cm³/mol. The monoisotopic (exact) mass is 488 g/mol. The van der Waals surface area contributed by atoms with Crippen molar-refractivity contribution in [3.05, 3.63) is 32.6 Å². The van der Waals surface area contributed by atoms with Crippen LogP contribution in [0.5, 0.6) is 0 Å². The molecule has 0 spiro atoms. The topological polar surface area (TPSA) is 140 Å². The molecule has 3 atom stereocenters. The Labute approximate surface area is 192 Å². The number of carbonyl (C=O) groups is 2. The summed E-state index contributed by atoms with van der Waals surface area (Å²) in [5, 5.41) is 0. The summed E-state index contributed by atoms with van der Waals surface area (Å²) in [5.74, 6) is -1.22. The molecule has 2 heterocycles. The number of carbonyl (C=O) groups excluding carboxylic acids is 2. The van der Waals surface area contributed by atoms with Crippen molar-refractivity contribution < 1.29 is 31.7 Å². The minimum Gasteiger partial charge on any atom is -0.459 e. The first kappa shape index (κ1) is 26.9. The average Bonchev–Trinajstić information content (AvgIpc) is 3.03. The van der Waals surface area contributed by atoms with Gasteiger partial charge in [-0.05, 0) is 27.7 Å². The number of rotatable bonds is 5. The third kappa shape index (κ3) is 6.39. The molecule has 11 nitrogen and oxygen atoms in total. The van der Waals surface area contributed by atoms with Gasteiger partial charge in [-0.15, -0.1) is 0 Å². The van der Waals surface area contributed by atoms with E-state index in [1.165, 1.54) is 13.1 Å². The predicted octanol–water partition coefficient (Wildman–Crippen LogP) is 1.23. The molecule has 0 amide bonds. The summed E-state index contributed by atoms with van der Waals surface area (Å²) in [4.78, 5) is 50.9. The fourth-order valence-corrected chi connectivity index (χ4v) is 3.45. The maximum absolute atomic E-state index is 13.1. The molecule has 12 heteroatoms. The molecule has 186 valence electrons. The van der Waals surface area contributed by atoms with E-state index in [9.17, 15) is 27.6 Å². The van der Waals surface area contributed by atoms with Crippen molar-refractivity contribution in [1.29, 1.82) is 0 Å². The smallest absolute Gasteiger partial charge is 0.340 e. The van der Waals surface area contributed by atoms with E-state index < -0.39 is 69.1 Å². The van der Waals surface area contributed by atoms with Crippen molar-refractivity contribution in [3.8, 4) is 0 Å². The van der Waals surface area contributed by atoms with Gasteiger partial charge in [-0.1, -0.05) is 20.8 Å². The van der Waals surface area contributed by atoms with Crippen LogP contribution < -0.4 is 11.2 Å². The van der Waals surface area contributed by atoms with E-state index in [0.717, 1.165) is 10.8 Å². The second-order valence-corrected chi connectivity index (χ2v) is 11.9. The molecule has 0 saturated carbocycles. The first-order valence-corrected chi connectivity index (χ1v) is 12.2. The standard InChI is InChI=1S/C21H32N2O9S/c1-12-10-22(19(27)23(16(12)24)17(25)20(2,3)4)15-9-13(32-18(26)21(5,6)7)14(31-15)11-30-33(8,28)29/h10,13-15H,9,11H2,1-8H3/t13-,14-,15-/m1/s1. The summed E-state index contributed by atoms with van der Waals surface area (Å²) in [5.41, 5.74) is -3.33. The van der Waals surface area contributed by atoms with E-state index in [1.54, 1.807) is 41.5 Å². The van der Waals surface area contributed by atoms with Gasteiger partial charge in [0.05, 0.1) is 18.3 Å². The Balaban J connectivity index is 2.48. The lowest BCUT2D eigenvalue weighted by Gasteiger charge is -2.23. The Morgan fingerprint density at radius 1 is 1.12 bits per heavy atom. The highest BCUT2D eigenvalue weighted by atomic mass is 32.2. The van der Waals surface area contributed by atoms with Crippen LogP contribution in [0.2, 0.25) is 0 Å². The Morgan fingerprint density at radius 3 is 2.18 bits per heavy atom. The van der Waals surface area contributed by atoms with E-state index in [-0.39, 0.29) is 12.0 Å². The highest BCUT2D eigenvalue weighted by Gasteiger charge is 2.42. The summed E-state index contributed by atoms with van der Waals surface area (Å²) in [7, 11) is -3.81. The molecular formula is C21H32N2O9S. The number of esters is 1. The van der Waals surface area contributed by atoms with Crippen molar-refractivity contribution in [2.24, 2.45) is 10.8 Å². The third-order valence-corrected chi connectivity index (χ3v) is 5.50. The van der Waals surface area contributed by atoms with Crippen LogP contribution in [0.4, 0.5) is 0 Å². The third-order valence-electron chi connectivity index (χ3n) is 4.94. The van der Waals surface area contributed by atoms with E-state index in [4.69, 9.17) is 13.7 Å². The lowest BCUT2D eigenvalue weighted by molar-refractivity contribution is -0.162. The zero-order valence-corrected chi connectivity index (χ0v) is 21.0. The second-order valence-electron chi connectivity index (χ2n) is 10.2. The van der Waals surface area contributed by atoms with Gasteiger partial charge >= 0.3 is 11.7 Å². The number of aromatic nitrogens is 2. The van der Waals surface area contributed by atoms with Gasteiger partial charge in [0.1, 0.15) is 18.4 Å². The second kappa shape index (κ2) is 9.15. The summed E-state index contributed by atoms with van der Waals surface area (Å²) in [6.45, 7) is 10.7. The molecule has 1 aromatic heterocycles. The summed E-state index contributed by atoms with van der Waals surface area (Å²) in [6, 6.07) is 0. The van der Waals surface area contributed by atoms with Crippen LogP contribution in [0, 0.1) is 17.8 Å². The Morgan fingerprint density at radius 2 is 1.70 bits per heavy atom. The summed E-state index contributed by atoms with van der Waals surface area (Å²) < 4.78 is 40.8. The number of nitrogens with zero attached hydrogens (tertiary/aromatic N) is 2. The lowest BCUT2D eigenvalue weighted by atomic mass is 9.95. The highest BCUT2D eigenvalue weighted by molar-refractivity contribution is 7.85. The minimum absolute atomic E-state index is 0.0130. The largest absolute Gasteiger partial charge is 0.459 e. The first-order chi connectivity index (χ1) is 14.8. The molecule has 0 bridgehead atoms. The van der Waals surface area contributed by atoms with Crippen molar-refractivity contribution in [2.75, 3.05) is 12.9 Å². The molecule has 1 aromatic rings. The molecule has 1 saturated heterocycles. The molecule has 1 aliphatic heterocycles. The van der Waals surface area contributed by atoms with Crippen LogP contribution in [-0.2, 0) is 28.6 Å². The van der Waals surface area contributed by atoms with Crippen molar-refractivity contribution >= 4 is 22.0 Å². The average molecular weight is 489 g/mol. The van der Waals surface area contributed by atoms with Crippen LogP contribution in [-0.4, -0.2) is 54.5 Å². The SMILES string of the molecule is Cc1cn([C@H]2C[C@@H](OC(=O)C(C)(C)C)[C@@H](COS(C)(=O)=O)O2)c(=O)n(C(=O)C(C)(C)C)c1=O. The maximum atomic E-state index is 13.1. The quantitative estimate of drug-likeness (QED) is 0.442. The minimum atomic E-state index is -3.81. The van der Waals surface area contributed by atoms with E-state index in [0.29, 0.717) is 4.57 Å². The van der Waals surface area contributed by atoms with Gasteiger partial charge < -0.3 is 9.47 Å². The van der Waals surface area contributed by atoms with E-state index >= 15 is 0 Å². The van der Waals surface area contributed by atoms with Gasteiger partial charge in [-0.3, -0.25) is 23.1 Å². The Bertz CT molecular complexity index is 1150. The zero-order valence-electron chi connectivity index (χ0n) is 20.2. The van der Waals surface area contributed by atoms with Gasteiger partial charge in [0.15, 0.2) is 0 Å². The van der Waals surface area contributed by atoms with E-state index in [2.05, 4.69) is 0 Å². The fraction of sp³-hybridized carbons (Fsp3) is 0.714. The number of hydrogen-bond acceptors (Lipinski definition) is 9. The van der Waals surface area contributed by atoms with Gasteiger partial charge in [0, 0.05) is 23.6 Å². The molecule has 0 N–H and O–H groups in total. The van der Waals surface area contributed by atoms with Crippen LogP contribution in [0.15, 0.2) is 15.8 Å². The molecule has 1 aliphatic rings. The van der Waals surface area contributed by atoms with E-state index in [1.807, 2.05) is 0 Å². The van der Waals surface area contributed by atoms with Crippen molar-refractivity contribution in [3.63, 3.8) is 0 Å². The lowest BCUT2D eigenvalue weighted by Crippen LogP contribution is -2.48. The fourth-order valence-electron chi connectivity index (χ4n) is 3.07. The van der Waals surface area contributed by atoms with Gasteiger partial charge in [-0.2, -0.15) is 13.0 Å². The number of ether oxygens (including phenoxy) is 2. The number of aryl methyl sites for hydroxylation is 1. The molecule has 0 unspecified atom stereocenters. The normalized spacial score (nSPS) is 21.8. The van der Waals surface area contributed by atoms with Crippen LogP contribution in [0.25, 0.3) is 0 Å². The number of hydrogen-bond donors (Lipinski definition) is 0.